The van der Waals surface area contributed by atoms with Gasteiger partial charge in [0.1, 0.15) is 0 Å². The highest BCUT2D eigenvalue weighted by molar-refractivity contribution is 7.12. The van der Waals surface area contributed by atoms with Gasteiger partial charge in [0.05, 0.1) is 23.7 Å². The summed E-state index contributed by atoms with van der Waals surface area (Å²) in [6.45, 7) is 2.03. The molecule has 0 spiro atoms. The molecule has 1 atom stereocenters. The van der Waals surface area contributed by atoms with Crippen LogP contribution in [-0.2, 0) is 12.6 Å². The van der Waals surface area contributed by atoms with Crippen LogP contribution in [0.2, 0.25) is 5.02 Å². The molecular weight excluding hydrogens is 468 g/mol. The van der Waals surface area contributed by atoms with Crippen LogP contribution < -0.4 is 0 Å². The van der Waals surface area contributed by atoms with Gasteiger partial charge in [0.15, 0.2) is 11.2 Å². The lowest BCUT2D eigenvalue weighted by Gasteiger charge is -2.28. The highest BCUT2D eigenvalue weighted by Gasteiger charge is 2.38. The van der Waals surface area contributed by atoms with E-state index in [-0.39, 0.29) is 0 Å². The number of hydrogen-bond donors (Lipinski definition) is 1. The molecule has 168 valence electrons. The van der Waals surface area contributed by atoms with Crippen LogP contribution in [0.5, 0.6) is 0 Å². The van der Waals surface area contributed by atoms with Crippen molar-refractivity contribution in [2.24, 2.45) is 7.05 Å². The third-order valence-electron chi connectivity index (χ3n) is 6.12. The highest BCUT2D eigenvalue weighted by Crippen LogP contribution is 2.42. The predicted octanol–water partition coefficient (Wildman–Crippen LogP) is 4.99. The van der Waals surface area contributed by atoms with Gasteiger partial charge in [-0.25, -0.2) is 4.98 Å². The number of nitrogens with zero attached hydrogens (tertiary/aromatic N) is 6. The second-order valence-electron chi connectivity index (χ2n) is 8.26. The molecular formula is C25H19ClN6OS. The Morgan fingerprint density at radius 2 is 1.94 bits per heavy atom. The van der Waals surface area contributed by atoms with Gasteiger partial charge in [-0.2, -0.15) is 4.52 Å². The predicted molar refractivity (Wildman–Crippen MR) is 133 cm³/mol. The van der Waals surface area contributed by atoms with E-state index in [0.29, 0.717) is 16.4 Å². The molecule has 0 amide bonds. The van der Waals surface area contributed by atoms with Crippen LogP contribution in [0.15, 0.2) is 73.2 Å². The Kier molecular flexibility index (Phi) is 4.77. The first-order chi connectivity index (χ1) is 16.4. The zero-order valence-electron chi connectivity index (χ0n) is 18.3. The van der Waals surface area contributed by atoms with Gasteiger partial charge >= 0.3 is 0 Å². The van der Waals surface area contributed by atoms with Gasteiger partial charge in [-0.3, -0.25) is 0 Å². The third-order valence-corrected chi connectivity index (χ3v) is 7.46. The number of benzene rings is 2. The lowest BCUT2D eigenvalue weighted by atomic mass is 9.87. The van der Waals surface area contributed by atoms with E-state index in [1.165, 1.54) is 0 Å². The van der Waals surface area contributed by atoms with E-state index in [9.17, 15) is 5.11 Å². The maximum atomic E-state index is 12.3. The van der Waals surface area contributed by atoms with E-state index in [4.69, 9.17) is 11.6 Å². The molecule has 9 heteroatoms. The number of fused-ring (bicyclic) bond motifs is 3. The molecule has 0 bridgehead atoms. The van der Waals surface area contributed by atoms with E-state index in [0.717, 1.165) is 37.3 Å². The number of aromatic nitrogens is 6. The fraction of sp³-hybridized carbons (Fsp3) is 0.120. The zero-order chi connectivity index (χ0) is 23.4. The van der Waals surface area contributed by atoms with E-state index in [2.05, 4.69) is 20.5 Å². The van der Waals surface area contributed by atoms with Crippen molar-refractivity contribution in [3.8, 4) is 11.1 Å². The summed E-state index contributed by atoms with van der Waals surface area (Å²) in [7, 11) is 1.89. The molecule has 4 aromatic heterocycles. The van der Waals surface area contributed by atoms with Crippen molar-refractivity contribution in [2.75, 3.05) is 0 Å². The number of rotatable bonds is 4. The molecule has 6 aromatic rings. The summed E-state index contributed by atoms with van der Waals surface area (Å²) in [6, 6.07) is 19.5. The molecule has 7 nitrogen and oxygen atoms in total. The lowest BCUT2D eigenvalue weighted by molar-refractivity contribution is 0.121. The van der Waals surface area contributed by atoms with Crippen molar-refractivity contribution in [2.45, 2.75) is 12.5 Å². The minimum Gasteiger partial charge on any atom is -0.374 e. The number of imidazole rings is 1. The third kappa shape index (κ3) is 3.14. The highest BCUT2D eigenvalue weighted by atomic mass is 35.5. The van der Waals surface area contributed by atoms with Gasteiger partial charge in [-0.15, -0.1) is 16.4 Å². The summed E-state index contributed by atoms with van der Waals surface area (Å²) >= 11 is 7.88. The first-order valence-corrected chi connectivity index (χ1v) is 11.8. The molecule has 0 saturated carbocycles. The van der Waals surface area contributed by atoms with Gasteiger partial charge in [0, 0.05) is 27.2 Å². The van der Waals surface area contributed by atoms with Crippen LogP contribution >= 0.6 is 22.9 Å². The monoisotopic (exact) mass is 486 g/mol. The number of aliphatic hydroxyl groups is 1. The molecule has 0 aliphatic carbocycles. The van der Waals surface area contributed by atoms with Gasteiger partial charge < -0.3 is 9.67 Å². The Morgan fingerprint density at radius 3 is 2.68 bits per heavy atom. The van der Waals surface area contributed by atoms with Crippen molar-refractivity contribution in [3.05, 3.63) is 99.2 Å². The van der Waals surface area contributed by atoms with Crippen LogP contribution in [0.1, 0.15) is 21.0 Å². The van der Waals surface area contributed by atoms with Gasteiger partial charge in [0.25, 0.3) is 0 Å². The largest absolute Gasteiger partial charge is 0.374 e. The lowest BCUT2D eigenvalue weighted by Crippen LogP contribution is -2.30. The smallest absolute Gasteiger partial charge is 0.180 e. The molecule has 0 radical (unpaired) electrons. The number of aryl methyl sites for hydroxylation is 2. The Morgan fingerprint density at radius 1 is 1.06 bits per heavy atom. The van der Waals surface area contributed by atoms with Crippen LogP contribution in [0, 0.1) is 6.92 Å². The first-order valence-electron chi connectivity index (χ1n) is 10.6. The van der Waals surface area contributed by atoms with Gasteiger partial charge in [-0.1, -0.05) is 29.8 Å². The molecule has 0 fully saturated rings. The average molecular weight is 487 g/mol. The standard InChI is InChI=1S/C25H19ClN6OS/c1-15-6-9-23(34-15)25(33,22-13-27-14-31(22)2)17-7-8-21-20(11-17)19(12-24-28-29-30-32(21)24)16-4-3-5-18(26)10-16/h3-14,33H,1-2H3. The Hall–Kier alpha value is -3.59. The summed E-state index contributed by atoms with van der Waals surface area (Å²) in [5.74, 6) is 0. The minimum atomic E-state index is -1.39. The fourth-order valence-electron chi connectivity index (χ4n) is 4.47. The summed E-state index contributed by atoms with van der Waals surface area (Å²) in [5, 5.41) is 26.1. The minimum absolute atomic E-state index is 0.631. The Balaban J connectivity index is 1.69. The second-order valence-corrected chi connectivity index (χ2v) is 9.98. The molecule has 4 heterocycles. The molecule has 0 aliphatic heterocycles. The molecule has 1 unspecified atom stereocenters. The van der Waals surface area contributed by atoms with Crippen molar-refractivity contribution in [1.82, 2.24) is 29.6 Å². The number of halogens is 1. The van der Waals surface area contributed by atoms with Crippen molar-refractivity contribution < 1.29 is 5.11 Å². The second kappa shape index (κ2) is 7.73. The summed E-state index contributed by atoms with van der Waals surface area (Å²) in [4.78, 5) is 6.22. The molecule has 0 aliphatic rings. The van der Waals surface area contributed by atoms with Crippen LogP contribution in [0.4, 0.5) is 0 Å². The molecule has 0 saturated heterocycles. The molecule has 1 N–H and O–H groups in total. The van der Waals surface area contributed by atoms with Gasteiger partial charge in [0.2, 0.25) is 0 Å². The van der Waals surface area contributed by atoms with Crippen LogP contribution in [-0.4, -0.2) is 34.7 Å². The summed E-state index contributed by atoms with van der Waals surface area (Å²) in [6.07, 6.45) is 3.41. The Bertz CT molecular complexity index is 1690. The van der Waals surface area contributed by atoms with E-state index < -0.39 is 5.60 Å². The summed E-state index contributed by atoms with van der Waals surface area (Å²) < 4.78 is 3.55. The average Bonchev–Trinajstić information content (AvgIpc) is 3.59. The van der Waals surface area contributed by atoms with E-state index >= 15 is 0 Å². The Labute approximate surface area is 203 Å². The number of pyridine rings is 1. The van der Waals surface area contributed by atoms with Crippen LogP contribution in [0.3, 0.4) is 0 Å². The topological polar surface area (TPSA) is 81.1 Å². The van der Waals surface area contributed by atoms with E-state index in [1.807, 2.05) is 79.2 Å². The number of hydrogen-bond acceptors (Lipinski definition) is 6. The van der Waals surface area contributed by atoms with Crippen LogP contribution in [0.25, 0.3) is 27.7 Å². The molecule has 34 heavy (non-hydrogen) atoms. The van der Waals surface area contributed by atoms with Gasteiger partial charge in [-0.05, 0) is 76.5 Å². The maximum Gasteiger partial charge on any atom is 0.180 e. The van der Waals surface area contributed by atoms with Crippen molar-refractivity contribution in [1.29, 1.82) is 0 Å². The normalized spacial score (nSPS) is 13.5. The molecule has 2 aromatic carbocycles. The maximum absolute atomic E-state index is 12.3. The zero-order valence-corrected chi connectivity index (χ0v) is 19.9. The summed E-state index contributed by atoms with van der Waals surface area (Å²) in [5.41, 5.74) is 3.34. The number of tetrazole rings is 1. The van der Waals surface area contributed by atoms with E-state index in [1.54, 1.807) is 28.4 Å². The fourth-order valence-corrected chi connectivity index (χ4v) is 5.65. The SMILES string of the molecule is Cc1ccc(C(O)(c2ccc3c(c2)c(-c2cccc(Cl)c2)cc2nnnn23)c2cncn2C)s1. The van der Waals surface area contributed by atoms with Crippen molar-refractivity contribution in [3.63, 3.8) is 0 Å². The quantitative estimate of drug-likeness (QED) is 0.380. The number of thiophene rings is 1. The van der Waals surface area contributed by atoms with Crippen molar-refractivity contribution >= 4 is 39.5 Å². The molecule has 6 rings (SSSR count). The first kappa shape index (κ1) is 21.0.